The summed E-state index contributed by atoms with van der Waals surface area (Å²) in [5.41, 5.74) is 2.69. The first-order chi connectivity index (χ1) is 9.86. The van der Waals surface area contributed by atoms with Gasteiger partial charge in [0.25, 0.3) is 11.8 Å². The van der Waals surface area contributed by atoms with Crippen molar-refractivity contribution in [2.45, 2.75) is 13.8 Å². The number of aryl methyl sites for hydroxylation is 1. The number of carbonyl (C=O) groups excluding carboxylic acids is 2. The van der Waals surface area contributed by atoms with Gasteiger partial charge in [0.2, 0.25) is 0 Å². The highest BCUT2D eigenvalue weighted by Gasteiger charge is 2.31. The molecular weight excluding hydrogens is 360 g/mol. The van der Waals surface area contributed by atoms with Crippen LogP contribution in [0.15, 0.2) is 22.3 Å². The number of nitrogens with zero attached hydrogens (tertiary/aromatic N) is 1. The van der Waals surface area contributed by atoms with Crippen LogP contribution in [0.5, 0.6) is 0 Å². The maximum atomic E-state index is 12.1. The van der Waals surface area contributed by atoms with E-state index in [0.29, 0.717) is 10.7 Å². The molecule has 0 saturated carbocycles. The molecule has 21 heavy (non-hydrogen) atoms. The zero-order valence-electron chi connectivity index (χ0n) is 11.5. The number of imide groups is 1. The van der Waals surface area contributed by atoms with Gasteiger partial charge in [-0.15, -0.1) is 0 Å². The van der Waals surface area contributed by atoms with Crippen molar-refractivity contribution >= 4 is 45.0 Å². The third-order valence-electron chi connectivity index (χ3n) is 3.31. The van der Waals surface area contributed by atoms with Crippen LogP contribution in [0.2, 0.25) is 5.02 Å². The van der Waals surface area contributed by atoms with Gasteiger partial charge < -0.3 is 10.4 Å². The average Bonchev–Trinajstić information content (AvgIpc) is 2.69. The van der Waals surface area contributed by atoms with Gasteiger partial charge in [0.15, 0.2) is 0 Å². The number of carbonyl (C=O) groups is 2. The summed E-state index contributed by atoms with van der Waals surface area (Å²) in [6.45, 7) is 3.56. The van der Waals surface area contributed by atoms with E-state index in [0.717, 1.165) is 20.5 Å². The number of anilines is 1. The Morgan fingerprint density at radius 1 is 1.38 bits per heavy atom. The Balaban J connectivity index is 2.32. The average molecular weight is 374 g/mol. The van der Waals surface area contributed by atoms with Crippen LogP contribution in [-0.4, -0.2) is 35.0 Å². The molecule has 0 spiro atoms. The molecular formula is C14H14BrClN2O3. The summed E-state index contributed by atoms with van der Waals surface area (Å²) in [5.74, 6) is -0.928. The van der Waals surface area contributed by atoms with Crippen molar-refractivity contribution in [3.05, 3.63) is 38.5 Å². The monoisotopic (exact) mass is 372 g/mol. The van der Waals surface area contributed by atoms with Crippen molar-refractivity contribution in [1.82, 2.24) is 4.90 Å². The molecule has 0 radical (unpaired) electrons. The number of hydrogen-bond acceptors (Lipinski definition) is 4. The third-order valence-corrected chi connectivity index (χ3v) is 4.60. The molecule has 0 unspecified atom stereocenters. The van der Waals surface area contributed by atoms with Gasteiger partial charge in [0.05, 0.1) is 23.9 Å². The zero-order valence-corrected chi connectivity index (χ0v) is 13.9. The van der Waals surface area contributed by atoms with Crippen molar-refractivity contribution in [2.24, 2.45) is 0 Å². The fourth-order valence-electron chi connectivity index (χ4n) is 2.00. The predicted molar refractivity (Wildman–Crippen MR) is 84.1 cm³/mol. The largest absolute Gasteiger partial charge is 0.395 e. The second-order valence-electron chi connectivity index (χ2n) is 4.69. The first-order valence-electron chi connectivity index (χ1n) is 6.27. The smallest absolute Gasteiger partial charge is 0.277 e. The Kier molecular flexibility index (Phi) is 4.70. The van der Waals surface area contributed by atoms with E-state index in [4.69, 9.17) is 16.7 Å². The first kappa shape index (κ1) is 16.0. The number of aliphatic hydroxyl groups is 1. The van der Waals surface area contributed by atoms with Crippen LogP contribution in [0.25, 0.3) is 0 Å². The molecule has 1 aliphatic rings. The van der Waals surface area contributed by atoms with E-state index in [2.05, 4.69) is 21.2 Å². The van der Waals surface area contributed by atoms with E-state index in [1.54, 1.807) is 6.07 Å². The van der Waals surface area contributed by atoms with E-state index in [9.17, 15) is 9.59 Å². The second-order valence-corrected chi connectivity index (χ2v) is 5.89. The number of nitrogens with one attached hydrogen (secondary N) is 1. The Morgan fingerprint density at radius 3 is 2.67 bits per heavy atom. The van der Waals surface area contributed by atoms with Gasteiger partial charge in [-0.2, -0.15) is 0 Å². The maximum absolute atomic E-state index is 12.1. The van der Waals surface area contributed by atoms with Crippen LogP contribution >= 0.6 is 27.5 Å². The van der Waals surface area contributed by atoms with Crippen LogP contribution in [-0.2, 0) is 9.59 Å². The molecule has 1 aliphatic heterocycles. The number of amides is 2. The number of β-amino-alcohol motifs (C(OH)–C–C–N with tert-alkyl or cyclic N) is 1. The third kappa shape index (κ3) is 2.97. The van der Waals surface area contributed by atoms with Crippen molar-refractivity contribution < 1.29 is 14.7 Å². The topological polar surface area (TPSA) is 69.6 Å². The molecule has 1 heterocycles. The van der Waals surface area contributed by atoms with Gasteiger partial charge in [-0.05, 0) is 47.0 Å². The lowest BCUT2D eigenvalue weighted by molar-refractivity contribution is -0.137. The molecule has 2 amide bonds. The van der Waals surface area contributed by atoms with E-state index >= 15 is 0 Å². The van der Waals surface area contributed by atoms with Crippen molar-refractivity contribution in [1.29, 1.82) is 0 Å². The minimum atomic E-state index is -0.477. The minimum Gasteiger partial charge on any atom is -0.395 e. The lowest BCUT2D eigenvalue weighted by atomic mass is 10.1. The zero-order chi connectivity index (χ0) is 15.7. The number of aliphatic hydroxyl groups excluding tert-OH is 1. The van der Waals surface area contributed by atoms with Gasteiger partial charge in [-0.3, -0.25) is 14.5 Å². The van der Waals surface area contributed by atoms with Gasteiger partial charge in [-0.25, -0.2) is 0 Å². The van der Waals surface area contributed by atoms with E-state index < -0.39 is 11.8 Å². The molecule has 0 atom stereocenters. The molecule has 7 heteroatoms. The second kappa shape index (κ2) is 6.17. The summed E-state index contributed by atoms with van der Waals surface area (Å²) in [6.07, 6.45) is 1.20. The van der Waals surface area contributed by atoms with E-state index in [1.165, 1.54) is 6.08 Å². The minimum absolute atomic E-state index is 0.0266. The molecule has 2 N–H and O–H groups in total. The Hall–Kier alpha value is -1.37. The quantitative estimate of drug-likeness (QED) is 0.795. The van der Waals surface area contributed by atoms with Gasteiger partial charge >= 0.3 is 0 Å². The van der Waals surface area contributed by atoms with Gasteiger partial charge in [-0.1, -0.05) is 11.6 Å². The lowest BCUT2D eigenvalue weighted by Gasteiger charge is -2.16. The summed E-state index contributed by atoms with van der Waals surface area (Å²) in [7, 11) is 0. The standard InChI is InChI=1S/C14H14BrClN2O3/c1-7-5-9(16)13(12(15)8(7)2)17-10-6-11(20)18(3-4-19)14(10)21/h5-6,17,19H,3-4H2,1-2H3. The Labute approximate surface area is 135 Å². The summed E-state index contributed by atoms with van der Waals surface area (Å²) >= 11 is 9.64. The molecule has 2 rings (SSSR count). The van der Waals surface area contributed by atoms with Crippen molar-refractivity contribution in [2.75, 3.05) is 18.5 Å². The number of rotatable bonds is 4. The maximum Gasteiger partial charge on any atom is 0.277 e. The number of halogens is 2. The van der Waals surface area contributed by atoms with Crippen LogP contribution < -0.4 is 5.32 Å². The van der Waals surface area contributed by atoms with Gasteiger partial charge in [0, 0.05) is 10.5 Å². The molecule has 5 nitrogen and oxygen atoms in total. The summed E-state index contributed by atoms with van der Waals surface area (Å²) in [4.78, 5) is 24.8. The summed E-state index contributed by atoms with van der Waals surface area (Å²) in [5, 5.41) is 12.2. The molecule has 0 aromatic heterocycles. The molecule has 0 saturated heterocycles. The molecule has 1 aromatic carbocycles. The highest BCUT2D eigenvalue weighted by atomic mass is 79.9. The predicted octanol–water partition coefficient (Wildman–Crippen LogP) is 2.38. The molecule has 0 aliphatic carbocycles. The van der Waals surface area contributed by atoms with Crippen molar-refractivity contribution in [3.8, 4) is 0 Å². The lowest BCUT2D eigenvalue weighted by Crippen LogP contribution is -2.34. The molecule has 0 bridgehead atoms. The molecule has 1 aromatic rings. The van der Waals surface area contributed by atoms with Crippen LogP contribution in [0.4, 0.5) is 5.69 Å². The van der Waals surface area contributed by atoms with Crippen molar-refractivity contribution in [3.63, 3.8) is 0 Å². The van der Waals surface area contributed by atoms with E-state index in [1.807, 2.05) is 13.8 Å². The number of benzene rings is 1. The first-order valence-corrected chi connectivity index (χ1v) is 7.44. The van der Waals surface area contributed by atoms with Crippen LogP contribution in [0.3, 0.4) is 0 Å². The Bertz CT molecular complexity index is 658. The molecule has 0 fully saturated rings. The highest BCUT2D eigenvalue weighted by molar-refractivity contribution is 9.10. The van der Waals surface area contributed by atoms with E-state index in [-0.39, 0.29) is 18.8 Å². The fourth-order valence-corrected chi connectivity index (χ4v) is 3.04. The SMILES string of the molecule is Cc1cc(Cl)c(NC2=CC(=O)N(CCO)C2=O)c(Br)c1C. The molecule has 112 valence electrons. The summed E-state index contributed by atoms with van der Waals surface area (Å²) < 4.78 is 0.745. The highest BCUT2D eigenvalue weighted by Crippen LogP contribution is 2.36. The normalized spacial score (nSPS) is 14.7. The van der Waals surface area contributed by atoms with Crippen LogP contribution in [0.1, 0.15) is 11.1 Å². The van der Waals surface area contributed by atoms with Crippen LogP contribution in [0, 0.1) is 13.8 Å². The Morgan fingerprint density at radius 2 is 2.05 bits per heavy atom. The number of hydrogen-bond donors (Lipinski definition) is 2. The van der Waals surface area contributed by atoms with Gasteiger partial charge in [0.1, 0.15) is 5.70 Å². The summed E-state index contributed by atoms with van der Waals surface area (Å²) in [6, 6.07) is 1.79. The fraction of sp³-hybridized carbons (Fsp3) is 0.286.